The van der Waals surface area contributed by atoms with Crippen LogP contribution in [0, 0.1) is 11.8 Å². The van der Waals surface area contributed by atoms with Crippen molar-refractivity contribution >= 4 is 15.9 Å². The second-order valence-electron chi connectivity index (χ2n) is 9.35. The van der Waals surface area contributed by atoms with Gasteiger partial charge in [-0.05, 0) is 48.1 Å². The third-order valence-electron chi connectivity index (χ3n) is 6.48. The minimum absolute atomic E-state index is 0.0338. The molecule has 2 saturated heterocycles. The van der Waals surface area contributed by atoms with E-state index in [1.807, 2.05) is 23.1 Å². The maximum atomic E-state index is 13.1. The Hall–Kier alpha value is -2.22. The predicted molar refractivity (Wildman–Crippen MR) is 126 cm³/mol. The van der Waals surface area contributed by atoms with E-state index < -0.39 is 10.0 Å². The Balaban J connectivity index is 1.36. The summed E-state index contributed by atoms with van der Waals surface area (Å²) in [6.45, 7) is 9.21. The second kappa shape index (κ2) is 9.73. The van der Waals surface area contributed by atoms with Crippen LogP contribution in [-0.4, -0.2) is 67.7 Å². The summed E-state index contributed by atoms with van der Waals surface area (Å²) < 4.78 is 27.7. The number of piperazine rings is 1. The van der Waals surface area contributed by atoms with Crippen molar-refractivity contribution in [1.29, 1.82) is 0 Å². The van der Waals surface area contributed by atoms with Gasteiger partial charge in [0.25, 0.3) is 5.91 Å². The first-order chi connectivity index (χ1) is 15.3. The maximum absolute atomic E-state index is 13.1. The van der Waals surface area contributed by atoms with Gasteiger partial charge in [0.15, 0.2) is 0 Å². The molecule has 2 aliphatic heterocycles. The fraction of sp³-hybridized carbons (Fsp3) is 0.480. The highest BCUT2D eigenvalue weighted by atomic mass is 32.2. The second-order valence-corrected chi connectivity index (χ2v) is 11.3. The van der Waals surface area contributed by atoms with Gasteiger partial charge in [0.05, 0.1) is 4.90 Å². The Morgan fingerprint density at radius 1 is 0.875 bits per heavy atom. The van der Waals surface area contributed by atoms with Gasteiger partial charge in [0, 0.05) is 51.4 Å². The number of benzene rings is 2. The van der Waals surface area contributed by atoms with Crippen LogP contribution in [0.4, 0.5) is 0 Å². The minimum Gasteiger partial charge on any atom is -0.336 e. The monoisotopic (exact) mass is 455 g/mol. The Morgan fingerprint density at radius 3 is 2.06 bits per heavy atom. The number of rotatable bonds is 5. The van der Waals surface area contributed by atoms with Crippen molar-refractivity contribution in [2.75, 3.05) is 39.3 Å². The van der Waals surface area contributed by atoms with Crippen LogP contribution >= 0.6 is 0 Å². The third kappa shape index (κ3) is 5.22. The molecule has 0 saturated carbocycles. The van der Waals surface area contributed by atoms with E-state index in [4.69, 9.17) is 0 Å². The van der Waals surface area contributed by atoms with Crippen molar-refractivity contribution in [2.24, 2.45) is 11.8 Å². The average molecular weight is 456 g/mol. The van der Waals surface area contributed by atoms with Crippen LogP contribution in [0.3, 0.4) is 0 Å². The van der Waals surface area contributed by atoms with Crippen molar-refractivity contribution in [3.63, 3.8) is 0 Å². The van der Waals surface area contributed by atoms with Gasteiger partial charge in [-0.25, -0.2) is 8.42 Å². The first kappa shape index (κ1) is 23.0. The van der Waals surface area contributed by atoms with E-state index >= 15 is 0 Å². The highest BCUT2D eigenvalue weighted by Crippen LogP contribution is 2.27. The zero-order valence-electron chi connectivity index (χ0n) is 19.0. The first-order valence-corrected chi connectivity index (χ1v) is 12.9. The summed E-state index contributed by atoms with van der Waals surface area (Å²) in [5.41, 5.74) is 1.82. The lowest BCUT2D eigenvalue weighted by Gasteiger charge is -2.35. The molecule has 2 aromatic rings. The van der Waals surface area contributed by atoms with Crippen molar-refractivity contribution < 1.29 is 13.2 Å². The molecule has 32 heavy (non-hydrogen) atoms. The smallest absolute Gasteiger partial charge is 0.253 e. The van der Waals surface area contributed by atoms with Crippen LogP contribution in [0.25, 0.3) is 0 Å². The summed E-state index contributed by atoms with van der Waals surface area (Å²) in [4.78, 5) is 17.4. The number of nitrogens with zero attached hydrogens (tertiary/aromatic N) is 3. The highest BCUT2D eigenvalue weighted by molar-refractivity contribution is 7.89. The van der Waals surface area contributed by atoms with Gasteiger partial charge < -0.3 is 4.90 Å². The number of hydrogen-bond donors (Lipinski definition) is 0. The maximum Gasteiger partial charge on any atom is 0.253 e. The number of piperidine rings is 1. The fourth-order valence-corrected chi connectivity index (χ4v) is 6.53. The van der Waals surface area contributed by atoms with Gasteiger partial charge in [-0.2, -0.15) is 4.31 Å². The van der Waals surface area contributed by atoms with E-state index in [-0.39, 0.29) is 10.8 Å². The summed E-state index contributed by atoms with van der Waals surface area (Å²) >= 11 is 0. The molecule has 2 fully saturated rings. The molecule has 2 aliphatic rings. The molecule has 1 amide bonds. The van der Waals surface area contributed by atoms with E-state index in [2.05, 4.69) is 30.9 Å². The molecule has 0 aromatic heterocycles. The first-order valence-electron chi connectivity index (χ1n) is 11.5. The van der Waals surface area contributed by atoms with Crippen molar-refractivity contribution in [3.8, 4) is 0 Å². The lowest BCUT2D eigenvalue weighted by molar-refractivity contribution is 0.0628. The standard InChI is InChI=1S/C25H33N3O3S/c1-20-16-21(2)18-28(17-20)32(30,31)24-10-8-23(9-11-24)25(29)27-14-12-26(13-15-27)19-22-6-4-3-5-7-22/h3-11,20-21H,12-19H2,1-2H3. The molecule has 2 aromatic carbocycles. The van der Waals surface area contributed by atoms with Crippen LogP contribution in [0.15, 0.2) is 59.5 Å². The Morgan fingerprint density at radius 2 is 1.47 bits per heavy atom. The molecule has 7 heteroatoms. The van der Waals surface area contributed by atoms with Crippen LogP contribution in [0.1, 0.15) is 36.2 Å². The Labute approximate surface area is 191 Å². The van der Waals surface area contributed by atoms with E-state index in [9.17, 15) is 13.2 Å². The minimum atomic E-state index is -3.53. The molecule has 6 nitrogen and oxygen atoms in total. The lowest BCUT2D eigenvalue weighted by atomic mass is 9.94. The van der Waals surface area contributed by atoms with E-state index in [0.717, 1.165) is 26.1 Å². The van der Waals surface area contributed by atoms with Crippen LogP contribution < -0.4 is 0 Å². The molecule has 4 rings (SSSR count). The van der Waals surface area contributed by atoms with Gasteiger partial charge in [-0.1, -0.05) is 44.2 Å². The quantitative estimate of drug-likeness (QED) is 0.694. The number of carbonyl (C=O) groups excluding carboxylic acids is 1. The van der Waals surface area contributed by atoms with E-state index in [0.29, 0.717) is 43.6 Å². The van der Waals surface area contributed by atoms with Gasteiger partial charge in [-0.15, -0.1) is 0 Å². The summed E-state index contributed by atoms with van der Waals surface area (Å²) in [7, 11) is -3.53. The molecular weight excluding hydrogens is 422 g/mol. The summed E-state index contributed by atoms with van der Waals surface area (Å²) in [6, 6.07) is 16.8. The van der Waals surface area contributed by atoms with Crippen molar-refractivity contribution in [3.05, 3.63) is 65.7 Å². The van der Waals surface area contributed by atoms with Crippen LogP contribution in [-0.2, 0) is 16.6 Å². The van der Waals surface area contributed by atoms with Gasteiger partial charge >= 0.3 is 0 Å². The van der Waals surface area contributed by atoms with Crippen molar-refractivity contribution in [2.45, 2.75) is 31.7 Å². The molecule has 0 radical (unpaired) electrons. The molecule has 0 aliphatic carbocycles. The molecule has 0 bridgehead atoms. The number of hydrogen-bond acceptors (Lipinski definition) is 4. The van der Waals surface area contributed by atoms with Gasteiger partial charge in [0.1, 0.15) is 0 Å². The van der Waals surface area contributed by atoms with Crippen LogP contribution in [0.5, 0.6) is 0 Å². The van der Waals surface area contributed by atoms with E-state index in [1.165, 1.54) is 5.56 Å². The normalized spacial score (nSPS) is 23.2. The zero-order valence-corrected chi connectivity index (χ0v) is 19.8. The summed E-state index contributed by atoms with van der Waals surface area (Å²) in [5.74, 6) is 0.679. The number of amides is 1. The number of carbonyl (C=O) groups is 1. The highest BCUT2D eigenvalue weighted by Gasteiger charge is 2.32. The third-order valence-corrected chi connectivity index (χ3v) is 8.33. The zero-order chi connectivity index (χ0) is 22.7. The summed E-state index contributed by atoms with van der Waals surface area (Å²) in [5, 5.41) is 0. The molecule has 172 valence electrons. The Bertz CT molecular complexity index is 1010. The topological polar surface area (TPSA) is 60.9 Å². The summed E-state index contributed by atoms with van der Waals surface area (Å²) in [6.07, 6.45) is 1.05. The SMILES string of the molecule is CC1CC(C)CN(S(=O)(=O)c2ccc(C(=O)N3CCN(Cc4ccccc4)CC3)cc2)C1. The lowest BCUT2D eigenvalue weighted by Crippen LogP contribution is -2.48. The molecule has 2 unspecified atom stereocenters. The van der Waals surface area contributed by atoms with Crippen molar-refractivity contribution in [1.82, 2.24) is 14.1 Å². The molecule has 2 heterocycles. The number of sulfonamides is 1. The molecule has 2 atom stereocenters. The average Bonchev–Trinajstić information content (AvgIpc) is 2.79. The van der Waals surface area contributed by atoms with Gasteiger partial charge in [0.2, 0.25) is 10.0 Å². The molecular formula is C25H33N3O3S. The fourth-order valence-electron chi connectivity index (χ4n) is 4.85. The van der Waals surface area contributed by atoms with Crippen LogP contribution in [0.2, 0.25) is 0 Å². The largest absolute Gasteiger partial charge is 0.336 e. The van der Waals surface area contributed by atoms with Gasteiger partial charge in [-0.3, -0.25) is 9.69 Å². The molecule has 0 spiro atoms. The molecule has 0 N–H and O–H groups in total. The predicted octanol–water partition coefficient (Wildman–Crippen LogP) is 3.31. The Kier molecular flexibility index (Phi) is 6.98. The van der Waals surface area contributed by atoms with E-state index in [1.54, 1.807) is 28.6 Å².